The molecular formula is C23H29N3O3. The van der Waals surface area contributed by atoms with Crippen molar-refractivity contribution in [2.75, 3.05) is 12.4 Å². The second-order valence-corrected chi connectivity index (χ2v) is 7.29. The van der Waals surface area contributed by atoms with Crippen LogP contribution in [0.15, 0.2) is 52.7 Å². The van der Waals surface area contributed by atoms with Gasteiger partial charge in [-0.05, 0) is 73.7 Å². The average Bonchev–Trinajstić information content (AvgIpc) is 2.70. The number of hydrogen-bond donors (Lipinski definition) is 1. The number of methoxy groups -OCH3 is 1. The number of nitrogens with one attached hydrogen (secondary N) is 1. The minimum atomic E-state index is -0.0534. The number of nitrogens with zero attached hydrogens (tertiary/aromatic N) is 2. The highest BCUT2D eigenvalue weighted by atomic mass is 16.5. The van der Waals surface area contributed by atoms with E-state index in [4.69, 9.17) is 4.74 Å². The van der Waals surface area contributed by atoms with Crippen molar-refractivity contribution in [3.63, 3.8) is 0 Å². The van der Waals surface area contributed by atoms with Gasteiger partial charge in [0, 0.05) is 18.5 Å². The van der Waals surface area contributed by atoms with Gasteiger partial charge in [0.05, 0.1) is 18.5 Å². The van der Waals surface area contributed by atoms with Crippen molar-refractivity contribution in [2.45, 2.75) is 52.4 Å². The van der Waals surface area contributed by atoms with Gasteiger partial charge < -0.3 is 14.8 Å². The first-order valence-electron chi connectivity index (χ1n) is 9.88. The van der Waals surface area contributed by atoms with E-state index in [-0.39, 0.29) is 11.7 Å². The van der Waals surface area contributed by atoms with Gasteiger partial charge in [-0.25, -0.2) is 0 Å². The Morgan fingerprint density at radius 3 is 2.21 bits per heavy atom. The lowest BCUT2D eigenvalue weighted by Crippen LogP contribution is -2.11. The van der Waals surface area contributed by atoms with E-state index in [1.54, 1.807) is 26.2 Å². The quantitative estimate of drug-likeness (QED) is 0.377. The predicted octanol–water partition coefficient (Wildman–Crippen LogP) is 6.32. The Bertz CT molecular complexity index is 858. The lowest BCUT2D eigenvalue weighted by molar-refractivity contribution is -0.118. The summed E-state index contributed by atoms with van der Waals surface area (Å²) in [5.74, 6) is 1.28. The third kappa shape index (κ3) is 7.49. The minimum Gasteiger partial charge on any atom is -0.496 e. The summed E-state index contributed by atoms with van der Waals surface area (Å²) >= 11 is 0. The fourth-order valence-electron chi connectivity index (χ4n) is 2.85. The predicted molar refractivity (Wildman–Crippen MR) is 115 cm³/mol. The molecule has 0 aliphatic heterocycles. The lowest BCUT2D eigenvalue weighted by Gasteiger charge is -2.11. The van der Waals surface area contributed by atoms with E-state index >= 15 is 0 Å². The summed E-state index contributed by atoms with van der Waals surface area (Å²) < 4.78 is 5.39. The van der Waals surface area contributed by atoms with Gasteiger partial charge in [-0.2, -0.15) is 10.2 Å². The summed E-state index contributed by atoms with van der Waals surface area (Å²) in [6.45, 7) is 5.78. The van der Waals surface area contributed by atoms with Gasteiger partial charge in [-0.15, -0.1) is 0 Å². The Morgan fingerprint density at radius 2 is 1.59 bits per heavy atom. The first kappa shape index (κ1) is 22.3. The molecule has 0 bridgehead atoms. The molecule has 1 amide bonds. The Morgan fingerprint density at radius 1 is 0.966 bits per heavy atom. The SMILES string of the molecule is COc1ccc(N=Nc2ccc(NC(=O)CCCCC(C)=O)cc2)cc1C(C)C. The van der Waals surface area contributed by atoms with Crippen LogP contribution in [0.3, 0.4) is 0 Å². The number of carbonyl (C=O) groups is 2. The first-order chi connectivity index (χ1) is 13.9. The van der Waals surface area contributed by atoms with E-state index in [0.29, 0.717) is 36.6 Å². The van der Waals surface area contributed by atoms with E-state index in [0.717, 1.165) is 23.4 Å². The number of ketones is 1. The monoisotopic (exact) mass is 395 g/mol. The maximum absolute atomic E-state index is 11.9. The molecule has 154 valence electrons. The van der Waals surface area contributed by atoms with Crippen LogP contribution in [0.1, 0.15) is 57.9 Å². The zero-order chi connectivity index (χ0) is 21.2. The van der Waals surface area contributed by atoms with E-state index in [2.05, 4.69) is 29.4 Å². The molecule has 0 aromatic heterocycles. The summed E-state index contributed by atoms with van der Waals surface area (Å²) in [4.78, 5) is 22.9. The second kappa shape index (κ2) is 11.1. The van der Waals surface area contributed by atoms with Crippen molar-refractivity contribution in [3.8, 4) is 5.75 Å². The molecule has 6 nitrogen and oxygen atoms in total. The average molecular weight is 396 g/mol. The van der Waals surface area contributed by atoms with Crippen molar-refractivity contribution in [3.05, 3.63) is 48.0 Å². The molecule has 29 heavy (non-hydrogen) atoms. The molecule has 0 aliphatic rings. The van der Waals surface area contributed by atoms with E-state index in [9.17, 15) is 9.59 Å². The molecule has 6 heteroatoms. The number of unbranched alkanes of at least 4 members (excludes halogenated alkanes) is 1. The summed E-state index contributed by atoms with van der Waals surface area (Å²) in [5.41, 5.74) is 3.26. The summed E-state index contributed by atoms with van der Waals surface area (Å²) in [6, 6.07) is 13.0. The molecule has 0 aliphatic carbocycles. The molecule has 0 fully saturated rings. The fourth-order valence-corrected chi connectivity index (χ4v) is 2.85. The number of azo groups is 1. The van der Waals surface area contributed by atoms with E-state index in [1.807, 2.05) is 30.3 Å². The number of amides is 1. The topological polar surface area (TPSA) is 80.1 Å². The maximum atomic E-state index is 11.9. The lowest BCUT2D eigenvalue weighted by atomic mass is 10.0. The smallest absolute Gasteiger partial charge is 0.224 e. The number of anilines is 1. The standard InChI is InChI=1S/C23H29N3O3/c1-16(2)21-15-20(13-14-22(21)29-4)26-25-19-11-9-18(10-12-19)24-23(28)8-6-5-7-17(3)27/h9-16H,5-8H2,1-4H3,(H,24,28). The van der Waals surface area contributed by atoms with Gasteiger partial charge in [0.1, 0.15) is 11.5 Å². The van der Waals surface area contributed by atoms with Crippen LogP contribution < -0.4 is 10.1 Å². The molecular weight excluding hydrogens is 366 g/mol. The van der Waals surface area contributed by atoms with Gasteiger partial charge >= 0.3 is 0 Å². The van der Waals surface area contributed by atoms with Crippen LogP contribution in [0.25, 0.3) is 0 Å². The van der Waals surface area contributed by atoms with Crippen molar-refractivity contribution in [1.29, 1.82) is 0 Å². The molecule has 0 atom stereocenters. The number of benzene rings is 2. The summed E-state index contributed by atoms with van der Waals surface area (Å²) in [5, 5.41) is 11.4. The maximum Gasteiger partial charge on any atom is 0.224 e. The minimum absolute atomic E-state index is 0.0534. The molecule has 0 spiro atoms. The van der Waals surface area contributed by atoms with Crippen LogP contribution in [-0.4, -0.2) is 18.8 Å². The van der Waals surface area contributed by atoms with Crippen LogP contribution in [0.5, 0.6) is 5.75 Å². The van der Waals surface area contributed by atoms with Gasteiger partial charge in [0.25, 0.3) is 0 Å². The molecule has 2 aromatic rings. The molecule has 0 heterocycles. The third-order valence-corrected chi connectivity index (χ3v) is 4.45. The number of carbonyl (C=O) groups excluding carboxylic acids is 2. The van der Waals surface area contributed by atoms with Gasteiger partial charge in [-0.1, -0.05) is 13.8 Å². The van der Waals surface area contributed by atoms with E-state index < -0.39 is 0 Å². The normalized spacial score (nSPS) is 11.1. The van der Waals surface area contributed by atoms with Crippen LogP contribution in [0.2, 0.25) is 0 Å². The van der Waals surface area contributed by atoms with Crippen molar-refractivity contribution in [1.82, 2.24) is 0 Å². The number of hydrogen-bond acceptors (Lipinski definition) is 5. The first-order valence-corrected chi connectivity index (χ1v) is 9.88. The van der Waals surface area contributed by atoms with Crippen LogP contribution >= 0.6 is 0 Å². The Hall–Kier alpha value is -3.02. The fraction of sp³-hybridized carbons (Fsp3) is 0.391. The summed E-state index contributed by atoms with van der Waals surface area (Å²) in [6.07, 6.45) is 2.38. The van der Waals surface area contributed by atoms with Crippen LogP contribution in [-0.2, 0) is 9.59 Å². The second-order valence-electron chi connectivity index (χ2n) is 7.29. The molecule has 2 aromatic carbocycles. The van der Waals surface area contributed by atoms with Gasteiger partial charge in [0.2, 0.25) is 5.91 Å². The van der Waals surface area contributed by atoms with Gasteiger partial charge in [-0.3, -0.25) is 4.79 Å². The van der Waals surface area contributed by atoms with Crippen molar-refractivity contribution < 1.29 is 14.3 Å². The van der Waals surface area contributed by atoms with Gasteiger partial charge in [0.15, 0.2) is 0 Å². The highest BCUT2D eigenvalue weighted by molar-refractivity contribution is 5.90. The summed E-state index contributed by atoms with van der Waals surface area (Å²) in [7, 11) is 1.66. The molecule has 1 N–H and O–H groups in total. The largest absolute Gasteiger partial charge is 0.496 e. The van der Waals surface area contributed by atoms with E-state index in [1.165, 1.54) is 0 Å². The van der Waals surface area contributed by atoms with Crippen LogP contribution in [0.4, 0.5) is 17.1 Å². The molecule has 2 rings (SSSR count). The zero-order valence-corrected chi connectivity index (χ0v) is 17.6. The molecule has 0 saturated carbocycles. The highest BCUT2D eigenvalue weighted by Gasteiger charge is 2.08. The number of ether oxygens (including phenoxy) is 1. The Balaban J connectivity index is 1.92. The molecule has 0 saturated heterocycles. The third-order valence-electron chi connectivity index (χ3n) is 4.45. The van der Waals surface area contributed by atoms with Crippen molar-refractivity contribution >= 4 is 28.8 Å². The zero-order valence-electron chi connectivity index (χ0n) is 17.6. The Labute approximate surface area is 172 Å². The Kier molecular flexibility index (Phi) is 8.52. The molecule has 0 unspecified atom stereocenters. The number of Topliss-reactive ketones (excluding diaryl/α,β-unsaturated/α-hetero) is 1. The highest BCUT2D eigenvalue weighted by Crippen LogP contribution is 2.31. The number of rotatable bonds is 10. The van der Waals surface area contributed by atoms with Crippen molar-refractivity contribution in [2.24, 2.45) is 10.2 Å². The molecule has 0 radical (unpaired) electrons. The van der Waals surface area contributed by atoms with Crippen LogP contribution in [0, 0.1) is 0 Å².